The third-order valence-electron chi connectivity index (χ3n) is 8.09. The molecular formula is C29H43N5O6. The number of carboxylic acid groups (broad SMARTS) is 1. The molecule has 3 heterocycles. The van der Waals surface area contributed by atoms with Gasteiger partial charge in [-0.3, -0.25) is 9.59 Å². The number of aryl methyl sites for hydroxylation is 1. The van der Waals surface area contributed by atoms with Gasteiger partial charge in [0.15, 0.2) is 5.82 Å². The highest BCUT2D eigenvalue weighted by atomic mass is 16.5. The molecule has 3 atom stereocenters. The number of hydrogen-bond acceptors (Lipinski definition) is 6. The normalized spacial score (nSPS) is 22.0. The fourth-order valence-corrected chi connectivity index (χ4v) is 6.18. The highest BCUT2D eigenvalue weighted by Gasteiger charge is 2.49. The number of carbonyl (C=O) groups excluding carboxylic acids is 2. The highest BCUT2D eigenvalue weighted by molar-refractivity contribution is 5.95. The van der Waals surface area contributed by atoms with Crippen LogP contribution in [-0.2, 0) is 20.8 Å². The maximum absolute atomic E-state index is 14.2. The number of para-hydroxylation sites is 2. The molecule has 2 aliphatic rings. The second kappa shape index (κ2) is 12.6. The summed E-state index contributed by atoms with van der Waals surface area (Å²) in [6.07, 6.45) is 0.948. The molecule has 0 saturated carbocycles. The van der Waals surface area contributed by atoms with E-state index in [0.717, 1.165) is 23.9 Å². The SMILES string of the molecule is COCCCCn1c(C(=O)N(C)[C@H]2C[C@@H](C(=O)N3CCOCC3)CN(C(=O)O)C2C(C)(C)C)nc2ccccc21. The van der Waals surface area contributed by atoms with Crippen LogP contribution in [0.2, 0.25) is 0 Å². The lowest BCUT2D eigenvalue weighted by Gasteiger charge is -2.51. The number of nitrogens with zero attached hydrogens (tertiary/aromatic N) is 5. The van der Waals surface area contributed by atoms with Crippen molar-refractivity contribution < 1.29 is 29.0 Å². The molecule has 1 unspecified atom stereocenters. The Morgan fingerprint density at radius 2 is 1.85 bits per heavy atom. The predicted molar refractivity (Wildman–Crippen MR) is 150 cm³/mol. The number of hydrogen-bond donors (Lipinski definition) is 1. The third kappa shape index (κ3) is 6.25. The lowest BCUT2D eigenvalue weighted by Crippen LogP contribution is -2.65. The molecule has 220 valence electrons. The maximum atomic E-state index is 14.2. The molecule has 0 radical (unpaired) electrons. The average Bonchev–Trinajstić information content (AvgIpc) is 3.31. The van der Waals surface area contributed by atoms with Gasteiger partial charge in [0.2, 0.25) is 5.91 Å². The van der Waals surface area contributed by atoms with E-state index in [1.165, 1.54) is 4.90 Å². The standard InChI is InChI=1S/C29H43N5O6/c1-29(2,3)24-23(18-20(19-34(24)28(37)38)26(35)32-13-16-40-17-14-32)31(4)27(36)25-30-21-10-6-7-11-22(21)33(25)12-8-9-15-39-5/h6-7,10-11,20,23-24H,8-9,12-19H2,1-5H3,(H,37,38)/t20-,23+,24?/m1/s1. The Bertz CT molecular complexity index is 1200. The molecule has 1 N–H and O–H groups in total. The maximum Gasteiger partial charge on any atom is 0.407 e. The molecular weight excluding hydrogens is 514 g/mol. The molecule has 11 heteroatoms. The molecule has 40 heavy (non-hydrogen) atoms. The van der Waals surface area contributed by atoms with Crippen LogP contribution in [0, 0.1) is 11.3 Å². The van der Waals surface area contributed by atoms with Gasteiger partial charge in [0.25, 0.3) is 5.91 Å². The van der Waals surface area contributed by atoms with Crippen LogP contribution in [0.25, 0.3) is 11.0 Å². The monoisotopic (exact) mass is 557 g/mol. The van der Waals surface area contributed by atoms with Crippen LogP contribution in [-0.4, -0.2) is 113 Å². The Morgan fingerprint density at radius 1 is 1.15 bits per heavy atom. The number of carbonyl (C=O) groups is 3. The van der Waals surface area contributed by atoms with Crippen LogP contribution in [0.1, 0.15) is 50.7 Å². The van der Waals surface area contributed by atoms with Crippen LogP contribution in [0.15, 0.2) is 24.3 Å². The Kier molecular flexibility index (Phi) is 9.35. The van der Waals surface area contributed by atoms with E-state index in [4.69, 9.17) is 14.5 Å². The molecule has 3 amide bonds. The first kappa shape index (κ1) is 29.8. The van der Waals surface area contributed by atoms with Crippen molar-refractivity contribution in [1.82, 2.24) is 24.3 Å². The number of rotatable bonds is 8. The number of unbranched alkanes of at least 4 members (excludes halogenated alkanes) is 1. The van der Waals surface area contributed by atoms with Crippen LogP contribution in [0.4, 0.5) is 4.79 Å². The summed E-state index contributed by atoms with van der Waals surface area (Å²) < 4.78 is 12.6. The lowest BCUT2D eigenvalue weighted by atomic mass is 9.74. The van der Waals surface area contributed by atoms with Gasteiger partial charge in [0.05, 0.1) is 42.2 Å². The number of amides is 3. The third-order valence-corrected chi connectivity index (χ3v) is 8.09. The largest absolute Gasteiger partial charge is 0.465 e. The lowest BCUT2D eigenvalue weighted by molar-refractivity contribution is -0.143. The van der Waals surface area contributed by atoms with Crippen molar-refractivity contribution in [3.05, 3.63) is 30.1 Å². The van der Waals surface area contributed by atoms with E-state index in [0.29, 0.717) is 51.7 Å². The van der Waals surface area contributed by atoms with Gasteiger partial charge in [-0.2, -0.15) is 0 Å². The van der Waals surface area contributed by atoms with Gasteiger partial charge >= 0.3 is 6.09 Å². The number of methoxy groups -OCH3 is 1. The molecule has 0 spiro atoms. The van der Waals surface area contributed by atoms with E-state index in [9.17, 15) is 19.5 Å². The number of likely N-dealkylation sites (tertiary alicyclic amines) is 1. The average molecular weight is 558 g/mol. The smallest absolute Gasteiger partial charge is 0.407 e. The van der Waals surface area contributed by atoms with E-state index in [1.807, 2.05) is 49.6 Å². The number of benzene rings is 1. The molecule has 1 aromatic carbocycles. The minimum Gasteiger partial charge on any atom is -0.465 e. The molecule has 2 fully saturated rings. The van der Waals surface area contributed by atoms with Gasteiger partial charge in [-0.25, -0.2) is 9.78 Å². The van der Waals surface area contributed by atoms with Crippen LogP contribution in [0.3, 0.4) is 0 Å². The second-order valence-corrected chi connectivity index (χ2v) is 11.9. The molecule has 11 nitrogen and oxygen atoms in total. The fourth-order valence-electron chi connectivity index (χ4n) is 6.18. The number of fused-ring (bicyclic) bond motifs is 1. The molecule has 2 aliphatic heterocycles. The Balaban J connectivity index is 1.68. The summed E-state index contributed by atoms with van der Waals surface area (Å²) in [5.74, 6) is -0.608. The molecule has 2 saturated heterocycles. The topological polar surface area (TPSA) is 117 Å². The van der Waals surface area contributed by atoms with Crippen molar-refractivity contribution in [2.24, 2.45) is 11.3 Å². The molecule has 2 aromatic rings. The van der Waals surface area contributed by atoms with E-state index in [-0.39, 0.29) is 18.4 Å². The summed E-state index contributed by atoms with van der Waals surface area (Å²) in [5, 5.41) is 10.3. The number of ether oxygens (including phenoxy) is 2. The minimum atomic E-state index is -1.09. The van der Waals surface area contributed by atoms with Crippen molar-refractivity contribution >= 4 is 28.9 Å². The van der Waals surface area contributed by atoms with Crippen molar-refractivity contribution in [2.75, 3.05) is 53.6 Å². The van der Waals surface area contributed by atoms with Crippen molar-refractivity contribution in [2.45, 2.75) is 58.7 Å². The van der Waals surface area contributed by atoms with E-state index >= 15 is 0 Å². The first-order chi connectivity index (χ1) is 19.0. The summed E-state index contributed by atoms with van der Waals surface area (Å²) >= 11 is 0. The van der Waals surface area contributed by atoms with E-state index in [1.54, 1.807) is 24.0 Å². The number of morpholine rings is 1. The quantitative estimate of drug-likeness (QED) is 0.496. The van der Waals surface area contributed by atoms with Crippen molar-refractivity contribution in [3.8, 4) is 0 Å². The van der Waals surface area contributed by atoms with Crippen LogP contribution in [0.5, 0.6) is 0 Å². The zero-order chi connectivity index (χ0) is 29.0. The van der Waals surface area contributed by atoms with E-state index in [2.05, 4.69) is 0 Å². The zero-order valence-corrected chi connectivity index (χ0v) is 24.3. The van der Waals surface area contributed by atoms with Gasteiger partial charge < -0.3 is 33.8 Å². The van der Waals surface area contributed by atoms with Crippen LogP contribution < -0.4 is 0 Å². The summed E-state index contributed by atoms with van der Waals surface area (Å²) in [6, 6.07) is 6.64. The van der Waals surface area contributed by atoms with Gasteiger partial charge in [-0.1, -0.05) is 32.9 Å². The Morgan fingerprint density at radius 3 is 2.50 bits per heavy atom. The summed E-state index contributed by atoms with van der Waals surface area (Å²) in [5.41, 5.74) is 1.12. The number of likely N-dealkylation sites (N-methyl/N-ethyl adjacent to an activating group) is 1. The number of imidazole rings is 1. The number of piperidine rings is 1. The first-order valence-corrected chi connectivity index (χ1v) is 14.1. The molecule has 1 aromatic heterocycles. The minimum absolute atomic E-state index is 0.0851. The van der Waals surface area contributed by atoms with Crippen molar-refractivity contribution in [3.63, 3.8) is 0 Å². The van der Waals surface area contributed by atoms with Gasteiger partial charge in [0, 0.05) is 46.9 Å². The summed E-state index contributed by atoms with van der Waals surface area (Å²) in [4.78, 5) is 49.8. The fraction of sp³-hybridized carbons (Fsp3) is 0.655. The van der Waals surface area contributed by atoms with Crippen molar-refractivity contribution in [1.29, 1.82) is 0 Å². The number of aromatic nitrogens is 2. The van der Waals surface area contributed by atoms with E-state index < -0.39 is 29.5 Å². The molecule has 4 rings (SSSR count). The highest BCUT2D eigenvalue weighted by Crippen LogP contribution is 2.38. The second-order valence-electron chi connectivity index (χ2n) is 11.9. The zero-order valence-electron chi connectivity index (χ0n) is 24.3. The Hall–Kier alpha value is -3.18. The van der Waals surface area contributed by atoms with Gasteiger partial charge in [-0.15, -0.1) is 0 Å². The van der Waals surface area contributed by atoms with Gasteiger partial charge in [0.1, 0.15) is 0 Å². The summed E-state index contributed by atoms with van der Waals surface area (Å²) in [6.45, 7) is 9.18. The van der Waals surface area contributed by atoms with Gasteiger partial charge in [-0.05, 0) is 36.8 Å². The molecule has 0 bridgehead atoms. The predicted octanol–water partition coefficient (Wildman–Crippen LogP) is 3.18. The Labute approximate surface area is 236 Å². The summed E-state index contributed by atoms with van der Waals surface area (Å²) in [7, 11) is 3.38. The first-order valence-electron chi connectivity index (χ1n) is 14.1. The van der Waals surface area contributed by atoms with Crippen LogP contribution >= 0.6 is 0 Å². The molecule has 0 aliphatic carbocycles.